The van der Waals surface area contributed by atoms with Crippen LogP contribution >= 0.6 is 11.5 Å². The molecule has 1 saturated carbocycles. The van der Waals surface area contributed by atoms with Crippen molar-refractivity contribution >= 4 is 34.0 Å². The zero-order valence-electron chi connectivity index (χ0n) is 16.9. The van der Waals surface area contributed by atoms with Crippen molar-refractivity contribution in [1.82, 2.24) is 14.3 Å². The summed E-state index contributed by atoms with van der Waals surface area (Å²) >= 11 is 1.07. The number of anilines is 1. The number of aromatic nitrogens is 3. The lowest BCUT2D eigenvalue weighted by Gasteiger charge is -2.10. The Hall–Kier alpha value is -3.33. The van der Waals surface area contributed by atoms with Gasteiger partial charge in [-0.05, 0) is 61.0 Å². The topological polar surface area (TPSA) is 67.8 Å². The van der Waals surface area contributed by atoms with Crippen LogP contribution in [-0.4, -0.2) is 20.2 Å². The summed E-state index contributed by atoms with van der Waals surface area (Å²) in [7, 11) is 0. The molecule has 0 spiro atoms. The van der Waals surface area contributed by atoms with Gasteiger partial charge >= 0.3 is 6.18 Å². The van der Waals surface area contributed by atoms with E-state index in [1.165, 1.54) is 6.07 Å². The van der Waals surface area contributed by atoms with Crippen LogP contribution in [-0.2, 0) is 6.18 Å². The molecule has 1 N–H and O–H groups in total. The van der Waals surface area contributed by atoms with Crippen molar-refractivity contribution in [2.24, 2.45) is 0 Å². The van der Waals surface area contributed by atoms with Crippen molar-refractivity contribution in [3.8, 4) is 11.3 Å². The van der Waals surface area contributed by atoms with Gasteiger partial charge in [-0.15, -0.1) is 0 Å². The molecule has 3 aromatic heterocycles. The average Bonchev–Trinajstić information content (AvgIpc) is 3.52. The number of nitrogens with one attached hydrogen (secondary N) is 1. The van der Waals surface area contributed by atoms with E-state index < -0.39 is 17.8 Å². The molecule has 0 radical (unpaired) electrons. The third-order valence-electron chi connectivity index (χ3n) is 5.45. The monoisotopic (exact) mass is 454 g/mol. The first-order valence-corrected chi connectivity index (χ1v) is 10.8. The van der Waals surface area contributed by atoms with E-state index in [1.807, 2.05) is 31.2 Å². The number of fused-ring (bicyclic) bond motifs is 1. The number of hydrogen-bond donors (Lipinski definition) is 1. The summed E-state index contributed by atoms with van der Waals surface area (Å²) in [6, 6.07) is 9.98. The zero-order chi connectivity index (χ0) is 22.5. The number of nitrogens with zero attached hydrogens (tertiary/aromatic N) is 3. The number of benzene rings is 1. The van der Waals surface area contributed by atoms with Crippen molar-refractivity contribution in [3.05, 3.63) is 70.5 Å². The second kappa shape index (κ2) is 7.67. The third-order valence-corrected chi connectivity index (χ3v) is 6.32. The Labute approximate surface area is 185 Å². The normalized spacial score (nSPS) is 14.0. The molecule has 0 atom stereocenters. The highest BCUT2D eigenvalue weighted by Crippen LogP contribution is 2.48. The van der Waals surface area contributed by atoms with Crippen LogP contribution < -0.4 is 5.32 Å². The second-order valence-electron chi connectivity index (χ2n) is 7.76. The number of carbonyl (C=O) groups is 1. The number of carbonyl (C=O) groups excluding carboxylic acids is 1. The molecule has 5 nitrogen and oxygen atoms in total. The number of amides is 1. The average molecular weight is 454 g/mol. The van der Waals surface area contributed by atoms with E-state index in [0.29, 0.717) is 4.88 Å². The maximum absolute atomic E-state index is 13.0. The molecule has 1 fully saturated rings. The van der Waals surface area contributed by atoms with E-state index in [0.717, 1.165) is 69.9 Å². The van der Waals surface area contributed by atoms with Crippen molar-refractivity contribution in [2.75, 3.05) is 5.32 Å². The fraction of sp³-hybridized carbons (Fsp3) is 0.217. The molecule has 0 unspecified atom stereocenters. The van der Waals surface area contributed by atoms with Gasteiger partial charge in [0.15, 0.2) is 0 Å². The van der Waals surface area contributed by atoms with Crippen molar-refractivity contribution in [3.63, 3.8) is 0 Å². The Morgan fingerprint density at radius 1 is 1.12 bits per heavy atom. The number of hydrogen-bond acceptors (Lipinski definition) is 5. The third kappa shape index (κ3) is 3.73. The van der Waals surface area contributed by atoms with Crippen LogP contribution in [0.25, 0.3) is 22.2 Å². The number of halogens is 3. The maximum atomic E-state index is 13.0. The van der Waals surface area contributed by atoms with E-state index in [-0.39, 0.29) is 11.6 Å². The van der Waals surface area contributed by atoms with Gasteiger partial charge < -0.3 is 5.32 Å². The standard InChI is InChI=1S/C23H17F3N4OS/c1-12-4-7-16(15-3-2-9-28-19(12)15)20-18(13-5-6-13)21(32-30-20)22(31)29-14-8-10-27-17(11-14)23(24,25)26/h2-4,7-11,13H,5-6H2,1H3,(H,27,29,31). The highest BCUT2D eigenvalue weighted by atomic mass is 32.1. The molecular weight excluding hydrogens is 437 g/mol. The smallest absolute Gasteiger partial charge is 0.321 e. The summed E-state index contributed by atoms with van der Waals surface area (Å²) in [5, 5.41) is 3.54. The van der Waals surface area contributed by atoms with Crippen LogP contribution in [0.15, 0.2) is 48.8 Å². The van der Waals surface area contributed by atoms with Gasteiger partial charge in [-0.3, -0.25) is 14.8 Å². The number of aryl methyl sites for hydroxylation is 1. The van der Waals surface area contributed by atoms with Crippen LogP contribution in [0.4, 0.5) is 18.9 Å². The van der Waals surface area contributed by atoms with Gasteiger partial charge in [0.2, 0.25) is 0 Å². The summed E-state index contributed by atoms with van der Waals surface area (Å²) in [5.74, 6) is -0.259. The van der Waals surface area contributed by atoms with Gasteiger partial charge in [-0.1, -0.05) is 18.2 Å². The molecule has 3 heterocycles. The number of rotatable bonds is 4. The van der Waals surface area contributed by atoms with Crippen LogP contribution in [0.3, 0.4) is 0 Å². The maximum Gasteiger partial charge on any atom is 0.433 e. The predicted octanol–water partition coefficient (Wildman–Crippen LogP) is 6.21. The van der Waals surface area contributed by atoms with E-state index in [2.05, 4.69) is 19.7 Å². The van der Waals surface area contributed by atoms with Crippen molar-refractivity contribution in [1.29, 1.82) is 0 Å². The Bertz CT molecular complexity index is 1340. The molecule has 32 heavy (non-hydrogen) atoms. The summed E-state index contributed by atoms with van der Waals surface area (Å²) < 4.78 is 43.5. The molecule has 0 bridgehead atoms. The molecule has 1 aromatic carbocycles. The summed E-state index contributed by atoms with van der Waals surface area (Å²) in [6.45, 7) is 1.99. The number of alkyl halides is 3. The first-order chi connectivity index (χ1) is 15.3. The Balaban J connectivity index is 1.54. The molecule has 0 aliphatic heterocycles. The van der Waals surface area contributed by atoms with Gasteiger partial charge in [0.25, 0.3) is 5.91 Å². The molecule has 1 aliphatic carbocycles. The lowest BCUT2D eigenvalue weighted by Crippen LogP contribution is -2.14. The lowest BCUT2D eigenvalue weighted by atomic mass is 9.97. The van der Waals surface area contributed by atoms with Gasteiger partial charge in [0.1, 0.15) is 10.6 Å². The SMILES string of the molecule is Cc1ccc(-c2nsc(C(=O)Nc3ccnc(C(F)(F)F)c3)c2C2CC2)c2cccnc12. The summed E-state index contributed by atoms with van der Waals surface area (Å²) in [6.07, 6.45) is 0.0784. The zero-order valence-corrected chi connectivity index (χ0v) is 17.7. The van der Waals surface area contributed by atoms with Crippen molar-refractivity contribution in [2.45, 2.75) is 31.9 Å². The molecule has 4 aromatic rings. The summed E-state index contributed by atoms with van der Waals surface area (Å²) in [5.41, 5.74) is 3.41. The van der Waals surface area contributed by atoms with Crippen LogP contribution in [0, 0.1) is 6.92 Å². The number of pyridine rings is 2. The fourth-order valence-corrected chi connectivity index (χ4v) is 4.65. The molecule has 1 amide bonds. The van der Waals surface area contributed by atoms with Gasteiger partial charge in [0, 0.05) is 34.6 Å². The van der Waals surface area contributed by atoms with E-state index in [4.69, 9.17) is 0 Å². The Kier molecular flexibility index (Phi) is 4.93. The summed E-state index contributed by atoms with van der Waals surface area (Å²) in [4.78, 5) is 21.3. The molecule has 9 heteroatoms. The first-order valence-electron chi connectivity index (χ1n) is 10.0. The largest absolute Gasteiger partial charge is 0.433 e. The Morgan fingerprint density at radius 2 is 1.94 bits per heavy atom. The van der Waals surface area contributed by atoms with E-state index >= 15 is 0 Å². The lowest BCUT2D eigenvalue weighted by molar-refractivity contribution is -0.141. The minimum absolute atomic E-state index is 0.0407. The first kappa shape index (κ1) is 20.6. The van der Waals surface area contributed by atoms with Crippen LogP contribution in [0.1, 0.15) is 45.3 Å². The molecule has 5 rings (SSSR count). The quantitative estimate of drug-likeness (QED) is 0.398. The van der Waals surface area contributed by atoms with Gasteiger partial charge in [0.05, 0.1) is 11.2 Å². The molecular formula is C23H17F3N4OS. The molecule has 162 valence electrons. The predicted molar refractivity (Wildman–Crippen MR) is 117 cm³/mol. The van der Waals surface area contributed by atoms with Crippen molar-refractivity contribution < 1.29 is 18.0 Å². The minimum atomic E-state index is -4.59. The van der Waals surface area contributed by atoms with E-state index in [9.17, 15) is 18.0 Å². The van der Waals surface area contributed by atoms with Gasteiger partial charge in [-0.2, -0.15) is 17.5 Å². The fourth-order valence-electron chi connectivity index (χ4n) is 3.78. The molecule has 0 saturated heterocycles. The van der Waals surface area contributed by atoms with Crippen LogP contribution in [0.5, 0.6) is 0 Å². The highest BCUT2D eigenvalue weighted by molar-refractivity contribution is 7.08. The Morgan fingerprint density at radius 3 is 2.69 bits per heavy atom. The van der Waals surface area contributed by atoms with Crippen LogP contribution in [0.2, 0.25) is 0 Å². The molecule has 1 aliphatic rings. The minimum Gasteiger partial charge on any atom is -0.321 e. The van der Waals surface area contributed by atoms with Gasteiger partial charge in [-0.25, -0.2) is 0 Å². The second-order valence-corrected chi connectivity index (χ2v) is 8.53. The van der Waals surface area contributed by atoms with E-state index in [1.54, 1.807) is 6.20 Å². The highest BCUT2D eigenvalue weighted by Gasteiger charge is 2.35.